The molecule has 1 fully saturated rings. The Kier molecular flexibility index (Phi) is 8.15. The van der Waals surface area contributed by atoms with E-state index in [1.165, 1.54) is 0 Å². The Labute approximate surface area is 184 Å². The van der Waals surface area contributed by atoms with Gasteiger partial charge in [0.15, 0.2) is 5.82 Å². The lowest BCUT2D eigenvalue weighted by Crippen LogP contribution is -2.33. The topological polar surface area (TPSA) is 116 Å². The van der Waals surface area contributed by atoms with Gasteiger partial charge in [-0.25, -0.2) is 13.6 Å². The summed E-state index contributed by atoms with van der Waals surface area (Å²) < 4.78 is 32.0. The summed E-state index contributed by atoms with van der Waals surface area (Å²) in [5, 5.41) is 21.5. The van der Waals surface area contributed by atoms with Gasteiger partial charge in [-0.3, -0.25) is 9.89 Å². The minimum Gasteiger partial charge on any atom is -0.446 e. The van der Waals surface area contributed by atoms with Gasteiger partial charge in [-0.1, -0.05) is 6.92 Å². The van der Waals surface area contributed by atoms with Gasteiger partial charge in [0.1, 0.15) is 17.7 Å². The van der Waals surface area contributed by atoms with Gasteiger partial charge in [-0.05, 0) is 49.3 Å². The van der Waals surface area contributed by atoms with Gasteiger partial charge < -0.3 is 20.5 Å². The van der Waals surface area contributed by atoms with Crippen molar-refractivity contribution in [2.45, 2.75) is 51.0 Å². The van der Waals surface area contributed by atoms with Crippen LogP contribution in [0.2, 0.25) is 0 Å². The van der Waals surface area contributed by atoms with E-state index < -0.39 is 23.6 Å². The fourth-order valence-electron chi connectivity index (χ4n) is 3.78. The molecule has 32 heavy (non-hydrogen) atoms. The number of halogens is 2. The number of hydrogen-bond acceptors (Lipinski definition) is 5. The molecule has 0 bridgehead atoms. The summed E-state index contributed by atoms with van der Waals surface area (Å²) in [6.45, 7) is 2.33. The molecule has 10 heteroatoms. The van der Waals surface area contributed by atoms with Crippen LogP contribution in [0.1, 0.15) is 49.8 Å². The van der Waals surface area contributed by atoms with Crippen LogP contribution in [-0.4, -0.2) is 46.6 Å². The number of aliphatic hydroxyl groups excluding tert-OH is 1. The highest BCUT2D eigenvalue weighted by molar-refractivity contribution is 5.91. The maximum Gasteiger partial charge on any atom is 0.407 e. The molecule has 2 aromatic rings. The lowest BCUT2D eigenvalue weighted by molar-refractivity contribution is -0.115. The fourth-order valence-corrected chi connectivity index (χ4v) is 3.78. The van der Waals surface area contributed by atoms with Crippen LogP contribution in [0.25, 0.3) is 0 Å². The number of anilines is 1. The normalized spacial score (nSPS) is 18.9. The largest absolute Gasteiger partial charge is 0.446 e. The zero-order valence-electron chi connectivity index (χ0n) is 17.9. The third-order valence-corrected chi connectivity index (χ3v) is 5.62. The number of aliphatic hydroxyl groups is 1. The number of carbonyl (C=O) groups excluding carboxylic acids is 2. The number of rotatable bonds is 9. The predicted octanol–water partition coefficient (Wildman–Crippen LogP) is 3.25. The van der Waals surface area contributed by atoms with E-state index in [1.807, 2.05) is 6.92 Å². The zero-order valence-corrected chi connectivity index (χ0v) is 17.9. The number of ether oxygens (including phenoxy) is 1. The number of benzene rings is 1. The first-order chi connectivity index (χ1) is 15.4. The number of nitrogens with one attached hydrogen (secondary N) is 3. The number of nitrogens with zero attached hydrogens (tertiary/aromatic N) is 1. The average molecular weight is 450 g/mol. The molecule has 0 spiro atoms. The Hall–Kier alpha value is -3.01. The Morgan fingerprint density at radius 2 is 2.00 bits per heavy atom. The highest BCUT2D eigenvalue weighted by Gasteiger charge is 2.30. The van der Waals surface area contributed by atoms with Gasteiger partial charge in [0, 0.05) is 36.9 Å². The van der Waals surface area contributed by atoms with Crippen molar-refractivity contribution in [2.75, 3.05) is 18.5 Å². The summed E-state index contributed by atoms with van der Waals surface area (Å²) in [7, 11) is 0. The molecule has 1 unspecified atom stereocenters. The van der Waals surface area contributed by atoms with E-state index in [0.29, 0.717) is 25.2 Å². The molecular weight excluding hydrogens is 422 g/mol. The van der Waals surface area contributed by atoms with Gasteiger partial charge in [-0.15, -0.1) is 0 Å². The number of H-pyrrole nitrogens is 1. The van der Waals surface area contributed by atoms with Crippen LogP contribution >= 0.6 is 0 Å². The molecule has 1 saturated carbocycles. The standard InChI is InChI=1S/C22H28F2N4O4/c1-2-13(12-29)11-25-22(31)32-18-4-3-15(8-18)19-10-20(28-27-19)26-21(30)7-14-5-16(23)9-17(24)6-14/h5-6,9-10,13,15,18,29H,2-4,7-8,11-12H2,1H3,(H,25,31)(H2,26,27,28,30)/t13?,15-,18+/m0/s1. The van der Waals surface area contributed by atoms with E-state index in [4.69, 9.17) is 4.74 Å². The summed E-state index contributed by atoms with van der Waals surface area (Å²) in [6, 6.07) is 4.68. The van der Waals surface area contributed by atoms with Gasteiger partial charge in [0.05, 0.1) is 6.42 Å². The molecule has 8 nitrogen and oxygen atoms in total. The second kappa shape index (κ2) is 11.0. The Bertz CT molecular complexity index is 912. The molecular formula is C22H28F2N4O4. The van der Waals surface area contributed by atoms with Crippen molar-refractivity contribution >= 4 is 17.8 Å². The molecule has 3 rings (SSSR count). The quantitative estimate of drug-likeness (QED) is 0.468. The van der Waals surface area contributed by atoms with E-state index >= 15 is 0 Å². The second-order valence-corrected chi connectivity index (χ2v) is 8.09. The zero-order chi connectivity index (χ0) is 23.1. The summed E-state index contributed by atoms with van der Waals surface area (Å²) in [4.78, 5) is 24.1. The third-order valence-electron chi connectivity index (χ3n) is 5.62. The molecule has 0 aliphatic heterocycles. The van der Waals surface area contributed by atoms with Crippen molar-refractivity contribution in [1.82, 2.24) is 15.5 Å². The molecule has 1 aromatic carbocycles. The summed E-state index contributed by atoms with van der Waals surface area (Å²) in [6.07, 6.45) is 2.00. The second-order valence-electron chi connectivity index (χ2n) is 8.09. The van der Waals surface area contributed by atoms with Crippen LogP contribution in [0, 0.1) is 17.6 Å². The number of hydrogen-bond donors (Lipinski definition) is 4. The van der Waals surface area contributed by atoms with Crippen molar-refractivity contribution in [3.8, 4) is 0 Å². The van der Waals surface area contributed by atoms with Crippen molar-refractivity contribution < 1.29 is 28.2 Å². The molecule has 1 aromatic heterocycles. The first-order valence-corrected chi connectivity index (χ1v) is 10.7. The summed E-state index contributed by atoms with van der Waals surface area (Å²) >= 11 is 0. The minimum atomic E-state index is -0.736. The number of aromatic nitrogens is 2. The molecule has 2 amide bonds. The third kappa shape index (κ3) is 6.74. The molecule has 0 radical (unpaired) electrons. The van der Waals surface area contributed by atoms with Crippen molar-refractivity contribution in [3.63, 3.8) is 0 Å². The minimum absolute atomic E-state index is 0.0115. The van der Waals surface area contributed by atoms with Crippen LogP contribution in [0.4, 0.5) is 19.4 Å². The molecule has 3 atom stereocenters. The molecule has 4 N–H and O–H groups in total. The van der Waals surface area contributed by atoms with Crippen LogP contribution in [0.15, 0.2) is 24.3 Å². The number of carbonyl (C=O) groups is 2. The Morgan fingerprint density at radius 3 is 2.69 bits per heavy atom. The highest BCUT2D eigenvalue weighted by atomic mass is 19.1. The van der Waals surface area contributed by atoms with Crippen LogP contribution < -0.4 is 10.6 Å². The monoisotopic (exact) mass is 450 g/mol. The van der Waals surface area contributed by atoms with Crippen LogP contribution in [-0.2, 0) is 16.0 Å². The Morgan fingerprint density at radius 1 is 1.25 bits per heavy atom. The lowest BCUT2D eigenvalue weighted by atomic mass is 10.0. The average Bonchev–Trinajstić information content (AvgIpc) is 3.37. The summed E-state index contributed by atoms with van der Waals surface area (Å²) in [5.41, 5.74) is 1.05. The number of alkyl carbamates (subject to hydrolysis) is 1. The predicted molar refractivity (Wildman–Crippen MR) is 113 cm³/mol. The van der Waals surface area contributed by atoms with E-state index in [2.05, 4.69) is 20.8 Å². The van der Waals surface area contributed by atoms with E-state index in [-0.39, 0.29) is 36.5 Å². The summed E-state index contributed by atoms with van der Waals surface area (Å²) in [5.74, 6) is -1.48. The fraction of sp³-hybridized carbons (Fsp3) is 0.500. The first-order valence-electron chi connectivity index (χ1n) is 10.7. The number of aromatic amines is 1. The number of amides is 2. The Balaban J connectivity index is 1.46. The smallest absolute Gasteiger partial charge is 0.407 e. The maximum atomic E-state index is 13.3. The van der Waals surface area contributed by atoms with Crippen molar-refractivity contribution in [2.24, 2.45) is 5.92 Å². The van der Waals surface area contributed by atoms with Crippen LogP contribution in [0.3, 0.4) is 0 Å². The lowest BCUT2D eigenvalue weighted by Gasteiger charge is -2.16. The van der Waals surface area contributed by atoms with Gasteiger partial charge >= 0.3 is 6.09 Å². The molecule has 174 valence electrons. The maximum absolute atomic E-state index is 13.3. The van der Waals surface area contributed by atoms with Crippen LogP contribution in [0.5, 0.6) is 0 Å². The van der Waals surface area contributed by atoms with Gasteiger partial charge in [0.25, 0.3) is 0 Å². The first kappa shape index (κ1) is 23.6. The van der Waals surface area contributed by atoms with Crippen molar-refractivity contribution in [3.05, 3.63) is 47.2 Å². The van der Waals surface area contributed by atoms with Gasteiger partial charge in [0.2, 0.25) is 5.91 Å². The SMILES string of the molecule is CCC(CO)CNC(=O)O[C@@H]1CC[C@H](c2cc(NC(=O)Cc3cc(F)cc(F)c3)n[nH]2)C1. The molecule has 0 saturated heterocycles. The van der Waals surface area contributed by atoms with Crippen molar-refractivity contribution in [1.29, 1.82) is 0 Å². The van der Waals surface area contributed by atoms with E-state index in [9.17, 15) is 23.5 Å². The molecule has 1 heterocycles. The van der Waals surface area contributed by atoms with E-state index in [1.54, 1.807) is 6.07 Å². The molecule has 1 aliphatic carbocycles. The molecule has 1 aliphatic rings. The highest BCUT2D eigenvalue weighted by Crippen LogP contribution is 2.35. The van der Waals surface area contributed by atoms with E-state index in [0.717, 1.165) is 36.7 Å². The van der Waals surface area contributed by atoms with Gasteiger partial charge in [-0.2, -0.15) is 5.10 Å².